The van der Waals surface area contributed by atoms with Gasteiger partial charge in [-0.2, -0.15) is 0 Å². The molecule has 0 atom stereocenters. The summed E-state index contributed by atoms with van der Waals surface area (Å²) in [5, 5.41) is 9.09. The molecule has 94 valence electrons. The van der Waals surface area contributed by atoms with Crippen LogP contribution in [0, 0.1) is 0 Å². The summed E-state index contributed by atoms with van der Waals surface area (Å²) >= 11 is 3.40. The van der Waals surface area contributed by atoms with Crippen LogP contribution in [0.2, 0.25) is 0 Å². The van der Waals surface area contributed by atoms with Gasteiger partial charge in [0.05, 0.1) is 5.56 Å². The van der Waals surface area contributed by atoms with Gasteiger partial charge in [0, 0.05) is 10.9 Å². The number of carboxylic acids is 1. The van der Waals surface area contributed by atoms with Gasteiger partial charge in [-0.3, -0.25) is 0 Å². The van der Waals surface area contributed by atoms with E-state index in [2.05, 4.69) is 20.9 Å². The summed E-state index contributed by atoms with van der Waals surface area (Å²) in [5.41, 5.74) is 0.755. The number of nitrogens with zero attached hydrogens (tertiary/aromatic N) is 1. The van der Waals surface area contributed by atoms with Crippen molar-refractivity contribution >= 4 is 21.9 Å². The summed E-state index contributed by atoms with van der Waals surface area (Å²) in [6, 6.07) is 7.42. The standard InChI is InChI=1S/C13H12BrNO3/c1-2-5-10-11(13(16)17)15-12(18-10)8-6-3-4-7-9(8)14/h3-4,6-7H,2,5H2,1H3,(H,16,17). The van der Waals surface area contributed by atoms with Crippen LogP contribution in [-0.2, 0) is 6.42 Å². The fourth-order valence-electron chi connectivity index (χ4n) is 1.67. The molecule has 1 aromatic carbocycles. The Kier molecular flexibility index (Phi) is 3.81. The van der Waals surface area contributed by atoms with Crippen molar-refractivity contribution in [3.63, 3.8) is 0 Å². The fourth-order valence-corrected chi connectivity index (χ4v) is 2.12. The maximum atomic E-state index is 11.1. The number of hydrogen-bond acceptors (Lipinski definition) is 3. The number of oxazole rings is 1. The van der Waals surface area contributed by atoms with Gasteiger partial charge in [0.25, 0.3) is 0 Å². The molecule has 1 N–H and O–H groups in total. The first-order valence-electron chi connectivity index (χ1n) is 5.61. The first-order valence-corrected chi connectivity index (χ1v) is 6.40. The van der Waals surface area contributed by atoms with E-state index in [1.54, 1.807) is 0 Å². The number of halogens is 1. The third kappa shape index (κ3) is 2.46. The number of carboxylic acid groups (broad SMARTS) is 1. The topological polar surface area (TPSA) is 63.3 Å². The van der Waals surface area contributed by atoms with Gasteiger partial charge in [0.1, 0.15) is 5.76 Å². The monoisotopic (exact) mass is 309 g/mol. The number of aromatic carboxylic acids is 1. The minimum Gasteiger partial charge on any atom is -0.476 e. The van der Waals surface area contributed by atoms with Crippen molar-refractivity contribution in [1.29, 1.82) is 0 Å². The predicted octanol–water partition coefficient (Wildman–Crippen LogP) is 3.75. The molecule has 0 aliphatic rings. The first kappa shape index (κ1) is 12.8. The predicted molar refractivity (Wildman–Crippen MR) is 70.6 cm³/mol. The molecule has 1 heterocycles. The lowest BCUT2D eigenvalue weighted by molar-refractivity contribution is 0.0689. The van der Waals surface area contributed by atoms with Crippen LogP contribution in [0.15, 0.2) is 33.2 Å². The summed E-state index contributed by atoms with van der Waals surface area (Å²) in [6.07, 6.45) is 1.38. The lowest BCUT2D eigenvalue weighted by atomic mass is 10.2. The van der Waals surface area contributed by atoms with E-state index in [0.29, 0.717) is 18.1 Å². The molecule has 0 saturated carbocycles. The second-order valence-corrected chi connectivity index (χ2v) is 4.68. The Hall–Kier alpha value is -1.62. The van der Waals surface area contributed by atoms with E-state index in [0.717, 1.165) is 16.5 Å². The van der Waals surface area contributed by atoms with E-state index in [-0.39, 0.29) is 5.69 Å². The zero-order valence-electron chi connectivity index (χ0n) is 9.81. The Morgan fingerprint density at radius 2 is 2.17 bits per heavy atom. The van der Waals surface area contributed by atoms with Gasteiger partial charge < -0.3 is 9.52 Å². The molecule has 0 aliphatic heterocycles. The average Bonchev–Trinajstić information content (AvgIpc) is 2.74. The Morgan fingerprint density at radius 1 is 1.44 bits per heavy atom. The van der Waals surface area contributed by atoms with Gasteiger partial charge >= 0.3 is 5.97 Å². The lowest BCUT2D eigenvalue weighted by Gasteiger charge is -1.97. The number of hydrogen-bond donors (Lipinski definition) is 1. The Bertz CT molecular complexity index is 577. The zero-order valence-corrected chi connectivity index (χ0v) is 11.4. The highest BCUT2D eigenvalue weighted by Gasteiger charge is 2.20. The molecule has 4 nitrogen and oxygen atoms in total. The minimum absolute atomic E-state index is 0.00241. The first-order chi connectivity index (χ1) is 8.63. The molecule has 0 radical (unpaired) electrons. The van der Waals surface area contributed by atoms with Gasteiger partial charge in [-0.05, 0) is 34.5 Å². The summed E-state index contributed by atoms with van der Waals surface area (Å²) in [5.74, 6) is -0.292. The molecular weight excluding hydrogens is 298 g/mol. The van der Waals surface area contributed by atoms with Crippen molar-refractivity contribution in [2.75, 3.05) is 0 Å². The van der Waals surface area contributed by atoms with Crippen LogP contribution in [-0.4, -0.2) is 16.1 Å². The molecule has 0 bridgehead atoms. The second kappa shape index (κ2) is 5.35. The van der Waals surface area contributed by atoms with Crippen LogP contribution >= 0.6 is 15.9 Å². The van der Waals surface area contributed by atoms with Gasteiger partial charge in [-0.15, -0.1) is 0 Å². The summed E-state index contributed by atoms with van der Waals surface area (Å²) in [4.78, 5) is 15.2. The highest BCUT2D eigenvalue weighted by molar-refractivity contribution is 9.10. The minimum atomic E-state index is -1.06. The Balaban J connectivity index is 2.50. The van der Waals surface area contributed by atoms with Crippen LogP contribution in [0.25, 0.3) is 11.5 Å². The van der Waals surface area contributed by atoms with E-state index in [1.807, 2.05) is 31.2 Å². The number of rotatable bonds is 4. The zero-order chi connectivity index (χ0) is 13.1. The van der Waals surface area contributed by atoms with Gasteiger partial charge in [-0.25, -0.2) is 9.78 Å². The van der Waals surface area contributed by atoms with Crippen LogP contribution in [0.5, 0.6) is 0 Å². The summed E-state index contributed by atoms with van der Waals surface area (Å²) < 4.78 is 6.39. The smallest absolute Gasteiger partial charge is 0.358 e. The molecule has 5 heteroatoms. The van der Waals surface area contributed by atoms with Crippen LogP contribution in [0.4, 0.5) is 0 Å². The number of aromatic nitrogens is 1. The maximum absolute atomic E-state index is 11.1. The van der Waals surface area contributed by atoms with Crippen molar-refractivity contribution in [3.8, 4) is 11.5 Å². The van der Waals surface area contributed by atoms with Crippen LogP contribution < -0.4 is 0 Å². The molecule has 18 heavy (non-hydrogen) atoms. The molecule has 0 saturated heterocycles. The molecule has 1 aromatic heterocycles. The molecule has 0 amide bonds. The van der Waals surface area contributed by atoms with E-state index in [9.17, 15) is 4.79 Å². The molecule has 0 unspecified atom stereocenters. The summed E-state index contributed by atoms with van der Waals surface area (Å²) in [6.45, 7) is 1.96. The number of aryl methyl sites for hydroxylation is 1. The van der Waals surface area contributed by atoms with Gasteiger partial charge in [0.2, 0.25) is 5.89 Å². The third-order valence-corrected chi connectivity index (χ3v) is 3.17. The average molecular weight is 310 g/mol. The normalized spacial score (nSPS) is 10.6. The van der Waals surface area contributed by atoms with E-state index >= 15 is 0 Å². The van der Waals surface area contributed by atoms with Crippen molar-refractivity contribution in [3.05, 3.63) is 40.2 Å². The van der Waals surface area contributed by atoms with E-state index < -0.39 is 5.97 Å². The van der Waals surface area contributed by atoms with Crippen LogP contribution in [0.3, 0.4) is 0 Å². The second-order valence-electron chi connectivity index (χ2n) is 3.83. The van der Waals surface area contributed by atoms with Crippen LogP contribution in [0.1, 0.15) is 29.6 Å². The molecule has 2 rings (SSSR count). The quantitative estimate of drug-likeness (QED) is 0.934. The maximum Gasteiger partial charge on any atom is 0.358 e. The SMILES string of the molecule is CCCc1oc(-c2ccccc2Br)nc1C(=O)O. The van der Waals surface area contributed by atoms with Gasteiger partial charge in [-0.1, -0.05) is 19.1 Å². The highest BCUT2D eigenvalue weighted by Crippen LogP contribution is 2.29. The van der Waals surface area contributed by atoms with Crippen molar-refractivity contribution < 1.29 is 14.3 Å². The number of carbonyl (C=O) groups is 1. The molecule has 0 aliphatic carbocycles. The number of benzene rings is 1. The third-order valence-electron chi connectivity index (χ3n) is 2.48. The molecule has 2 aromatic rings. The van der Waals surface area contributed by atoms with E-state index in [4.69, 9.17) is 9.52 Å². The largest absolute Gasteiger partial charge is 0.476 e. The lowest BCUT2D eigenvalue weighted by Crippen LogP contribution is -2.00. The van der Waals surface area contributed by atoms with Gasteiger partial charge in [0.15, 0.2) is 5.69 Å². The fraction of sp³-hybridized carbons (Fsp3) is 0.231. The summed E-state index contributed by atoms with van der Waals surface area (Å²) in [7, 11) is 0. The Labute approximate surface area is 113 Å². The van der Waals surface area contributed by atoms with Crippen molar-refractivity contribution in [2.45, 2.75) is 19.8 Å². The molecular formula is C13H12BrNO3. The van der Waals surface area contributed by atoms with E-state index in [1.165, 1.54) is 0 Å². The van der Waals surface area contributed by atoms with Crippen molar-refractivity contribution in [2.24, 2.45) is 0 Å². The highest BCUT2D eigenvalue weighted by atomic mass is 79.9. The van der Waals surface area contributed by atoms with Crippen molar-refractivity contribution in [1.82, 2.24) is 4.98 Å². The molecule has 0 fully saturated rings. The Morgan fingerprint density at radius 3 is 2.78 bits per heavy atom. The molecule has 0 spiro atoms.